The molecule has 2 rings (SSSR count). The van der Waals surface area contributed by atoms with Crippen molar-refractivity contribution in [2.45, 2.75) is 63.7 Å². The van der Waals surface area contributed by atoms with Gasteiger partial charge in [0.15, 0.2) is 0 Å². The highest BCUT2D eigenvalue weighted by Crippen LogP contribution is 2.36. The molecule has 0 spiro atoms. The summed E-state index contributed by atoms with van der Waals surface area (Å²) in [7, 11) is 0. The Morgan fingerprint density at radius 3 is 2.33 bits per heavy atom. The Morgan fingerprint density at radius 1 is 1.14 bits per heavy atom. The van der Waals surface area contributed by atoms with E-state index >= 15 is 0 Å². The third-order valence-electron chi connectivity index (χ3n) is 4.83. The molecule has 1 aliphatic carbocycles. The van der Waals surface area contributed by atoms with Crippen molar-refractivity contribution in [3.05, 3.63) is 35.4 Å². The number of alkyl halides is 1. The normalized spacial score (nSPS) is 24.0. The number of halogens is 3. The average Bonchev–Trinajstić information content (AvgIpc) is 2.49. The maximum absolute atomic E-state index is 13.7. The van der Waals surface area contributed by atoms with Crippen LogP contribution in [0.3, 0.4) is 0 Å². The lowest BCUT2D eigenvalue weighted by Gasteiger charge is -2.31. The van der Waals surface area contributed by atoms with E-state index in [-0.39, 0.29) is 10.9 Å². The first-order valence-electron chi connectivity index (χ1n) is 8.18. The van der Waals surface area contributed by atoms with E-state index in [1.54, 1.807) is 0 Å². The van der Waals surface area contributed by atoms with Gasteiger partial charge < -0.3 is 0 Å². The van der Waals surface area contributed by atoms with Crippen molar-refractivity contribution >= 4 is 11.6 Å². The van der Waals surface area contributed by atoms with E-state index in [4.69, 9.17) is 11.6 Å². The lowest BCUT2D eigenvalue weighted by molar-refractivity contribution is 0.252. The van der Waals surface area contributed by atoms with E-state index in [0.29, 0.717) is 12.3 Å². The van der Waals surface area contributed by atoms with Crippen LogP contribution in [0, 0.1) is 23.5 Å². The predicted molar refractivity (Wildman–Crippen MR) is 84.7 cm³/mol. The van der Waals surface area contributed by atoms with Crippen LogP contribution in [-0.4, -0.2) is 5.38 Å². The van der Waals surface area contributed by atoms with Crippen molar-refractivity contribution < 1.29 is 8.78 Å². The zero-order chi connectivity index (χ0) is 15.2. The Kier molecular flexibility index (Phi) is 6.47. The maximum Gasteiger partial charge on any atom is 0.129 e. The molecule has 1 unspecified atom stereocenters. The molecular weight excluding hydrogens is 290 g/mol. The molecule has 0 amide bonds. The second-order valence-corrected chi connectivity index (χ2v) is 6.90. The molecule has 0 aromatic heterocycles. The maximum atomic E-state index is 13.7. The van der Waals surface area contributed by atoms with E-state index in [2.05, 4.69) is 6.92 Å². The minimum atomic E-state index is -0.475. The highest BCUT2D eigenvalue weighted by Gasteiger charge is 2.27. The Balaban J connectivity index is 1.86. The molecule has 1 saturated carbocycles. The van der Waals surface area contributed by atoms with Crippen molar-refractivity contribution in [3.8, 4) is 0 Å². The number of hydrogen-bond acceptors (Lipinski definition) is 0. The number of benzene rings is 1. The Hall–Kier alpha value is -0.630. The van der Waals surface area contributed by atoms with Gasteiger partial charge in [0.1, 0.15) is 11.6 Å². The van der Waals surface area contributed by atoms with Crippen LogP contribution >= 0.6 is 11.6 Å². The highest BCUT2D eigenvalue weighted by molar-refractivity contribution is 6.20. The predicted octanol–water partition coefficient (Wildman–Crippen LogP) is 6.11. The Labute approximate surface area is 131 Å². The van der Waals surface area contributed by atoms with Gasteiger partial charge in [-0.25, -0.2) is 8.78 Å². The van der Waals surface area contributed by atoms with Crippen molar-refractivity contribution in [1.82, 2.24) is 0 Å². The Morgan fingerprint density at radius 2 is 1.76 bits per heavy atom. The van der Waals surface area contributed by atoms with Gasteiger partial charge in [0.25, 0.3) is 0 Å². The first-order valence-corrected chi connectivity index (χ1v) is 8.62. The molecule has 0 bridgehead atoms. The van der Waals surface area contributed by atoms with Crippen molar-refractivity contribution in [2.75, 3.05) is 0 Å². The van der Waals surface area contributed by atoms with Crippen molar-refractivity contribution in [2.24, 2.45) is 11.8 Å². The molecule has 0 nitrogen and oxygen atoms in total. The van der Waals surface area contributed by atoms with Gasteiger partial charge in [-0.15, -0.1) is 11.6 Å². The minimum Gasteiger partial charge on any atom is -0.207 e. The van der Waals surface area contributed by atoms with E-state index in [0.717, 1.165) is 18.8 Å². The molecule has 0 radical (unpaired) electrons. The molecule has 1 aromatic carbocycles. The van der Waals surface area contributed by atoms with Gasteiger partial charge in [0, 0.05) is 10.9 Å². The van der Waals surface area contributed by atoms with E-state index in [9.17, 15) is 8.78 Å². The molecular formula is C18H25ClF2. The van der Waals surface area contributed by atoms with Crippen LogP contribution in [0.5, 0.6) is 0 Å². The third kappa shape index (κ3) is 4.67. The van der Waals surface area contributed by atoms with Gasteiger partial charge in [-0.2, -0.15) is 0 Å². The van der Waals surface area contributed by atoms with Crippen LogP contribution < -0.4 is 0 Å². The molecule has 21 heavy (non-hydrogen) atoms. The fourth-order valence-electron chi connectivity index (χ4n) is 3.42. The summed E-state index contributed by atoms with van der Waals surface area (Å²) in [4.78, 5) is 0. The fourth-order valence-corrected chi connectivity index (χ4v) is 3.83. The SMILES string of the molecule is CCCCC1CCC(C(Cl)Cc2c(F)cccc2F)CC1. The van der Waals surface area contributed by atoms with Gasteiger partial charge >= 0.3 is 0 Å². The molecule has 118 valence electrons. The molecule has 3 heteroatoms. The lowest BCUT2D eigenvalue weighted by atomic mass is 9.77. The highest BCUT2D eigenvalue weighted by atomic mass is 35.5. The van der Waals surface area contributed by atoms with E-state index < -0.39 is 11.6 Å². The topological polar surface area (TPSA) is 0 Å². The summed E-state index contributed by atoms with van der Waals surface area (Å²) in [6, 6.07) is 4.02. The Bertz CT molecular complexity index is 419. The standard InChI is InChI=1S/C18H25ClF2/c1-2-3-5-13-8-10-14(11-9-13)16(19)12-15-17(20)6-4-7-18(15)21/h4,6-7,13-14,16H,2-3,5,8-12H2,1H3. The molecule has 1 aliphatic rings. The molecule has 1 atom stereocenters. The third-order valence-corrected chi connectivity index (χ3v) is 5.34. The van der Waals surface area contributed by atoms with Gasteiger partial charge in [-0.05, 0) is 43.2 Å². The second-order valence-electron chi connectivity index (χ2n) is 6.34. The van der Waals surface area contributed by atoms with Crippen LogP contribution in [0.15, 0.2) is 18.2 Å². The first-order chi connectivity index (χ1) is 10.1. The smallest absolute Gasteiger partial charge is 0.129 e. The minimum absolute atomic E-state index is 0.144. The van der Waals surface area contributed by atoms with Gasteiger partial charge in [-0.3, -0.25) is 0 Å². The summed E-state index contributed by atoms with van der Waals surface area (Å²) in [5.74, 6) is 0.272. The van der Waals surface area contributed by atoms with E-state index in [1.165, 1.54) is 50.3 Å². The van der Waals surface area contributed by atoms with E-state index in [1.807, 2.05) is 0 Å². The lowest BCUT2D eigenvalue weighted by Crippen LogP contribution is -2.24. The fraction of sp³-hybridized carbons (Fsp3) is 0.667. The molecule has 0 N–H and O–H groups in total. The second kappa shape index (κ2) is 8.12. The molecule has 0 heterocycles. The first kappa shape index (κ1) is 16.7. The number of rotatable bonds is 6. The molecule has 1 fully saturated rings. The van der Waals surface area contributed by atoms with Crippen molar-refractivity contribution in [3.63, 3.8) is 0 Å². The van der Waals surface area contributed by atoms with Gasteiger partial charge in [0.2, 0.25) is 0 Å². The quantitative estimate of drug-likeness (QED) is 0.555. The summed E-state index contributed by atoms with van der Waals surface area (Å²) in [5.41, 5.74) is 0.144. The number of unbranched alkanes of at least 4 members (excludes halogenated alkanes) is 1. The summed E-state index contributed by atoms with van der Waals surface area (Å²) in [6.45, 7) is 2.23. The molecule has 0 saturated heterocycles. The molecule has 0 aliphatic heterocycles. The molecule has 1 aromatic rings. The van der Waals surface area contributed by atoms with Crippen LogP contribution in [0.25, 0.3) is 0 Å². The number of hydrogen-bond donors (Lipinski definition) is 0. The summed E-state index contributed by atoms with van der Waals surface area (Å²) in [5, 5.41) is -0.163. The van der Waals surface area contributed by atoms with Crippen LogP contribution in [0.4, 0.5) is 8.78 Å². The van der Waals surface area contributed by atoms with Crippen LogP contribution in [0.1, 0.15) is 57.4 Å². The van der Waals surface area contributed by atoms with Crippen LogP contribution in [-0.2, 0) is 6.42 Å². The largest absolute Gasteiger partial charge is 0.207 e. The zero-order valence-corrected chi connectivity index (χ0v) is 13.5. The summed E-state index contributed by atoms with van der Waals surface area (Å²) >= 11 is 6.46. The average molecular weight is 315 g/mol. The summed E-state index contributed by atoms with van der Waals surface area (Å²) < 4.78 is 27.4. The zero-order valence-electron chi connectivity index (χ0n) is 12.8. The van der Waals surface area contributed by atoms with Gasteiger partial charge in [-0.1, -0.05) is 45.1 Å². The summed E-state index contributed by atoms with van der Waals surface area (Å²) in [6.07, 6.45) is 8.80. The van der Waals surface area contributed by atoms with Gasteiger partial charge in [0.05, 0.1) is 0 Å². The monoisotopic (exact) mass is 314 g/mol. The van der Waals surface area contributed by atoms with Crippen LogP contribution in [0.2, 0.25) is 0 Å². The van der Waals surface area contributed by atoms with Crippen molar-refractivity contribution in [1.29, 1.82) is 0 Å².